The Morgan fingerprint density at radius 1 is 1.31 bits per heavy atom. The molecule has 1 atom stereocenters. The average Bonchev–Trinajstić information content (AvgIpc) is 2.30. The number of benzene rings is 1. The number of ether oxygens (including phenoxy) is 1. The summed E-state index contributed by atoms with van der Waals surface area (Å²) in [6.07, 6.45) is 2.04. The fourth-order valence-electron chi connectivity index (χ4n) is 1.55. The molecule has 0 aliphatic heterocycles. The molecule has 0 saturated heterocycles. The highest BCUT2D eigenvalue weighted by Crippen LogP contribution is 2.13. The molecule has 0 aromatic heterocycles. The van der Waals surface area contributed by atoms with Crippen molar-refractivity contribution in [3.05, 3.63) is 29.8 Å². The largest absolute Gasteiger partial charge is 0.497 e. The number of rotatable bonds is 7. The quantitative estimate of drug-likeness (QED) is 0.743. The number of nitrogens with two attached hydrogens (primary N) is 1. The summed E-state index contributed by atoms with van der Waals surface area (Å²) in [5.41, 5.74) is 7.36. The zero-order chi connectivity index (χ0) is 11.8. The van der Waals surface area contributed by atoms with Crippen molar-refractivity contribution in [2.24, 2.45) is 5.73 Å². The van der Waals surface area contributed by atoms with Crippen LogP contribution in [0.5, 0.6) is 5.75 Å². The van der Waals surface area contributed by atoms with E-state index < -0.39 is 0 Å². The van der Waals surface area contributed by atoms with Crippen molar-refractivity contribution in [3.63, 3.8) is 0 Å². The van der Waals surface area contributed by atoms with Gasteiger partial charge in [0.1, 0.15) is 5.75 Å². The molecule has 0 heterocycles. The van der Waals surface area contributed by atoms with Crippen LogP contribution in [0.15, 0.2) is 24.3 Å². The molecule has 2 N–H and O–H groups in total. The van der Waals surface area contributed by atoms with Gasteiger partial charge in [0.25, 0.3) is 0 Å². The number of hydrogen-bond donors (Lipinski definition) is 1. The third kappa shape index (κ3) is 4.90. The molecule has 0 amide bonds. The van der Waals surface area contributed by atoms with Crippen LogP contribution in [0.2, 0.25) is 0 Å². The van der Waals surface area contributed by atoms with Gasteiger partial charge in [-0.1, -0.05) is 19.1 Å². The Morgan fingerprint density at radius 2 is 2.00 bits per heavy atom. The molecule has 0 aliphatic rings. The van der Waals surface area contributed by atoms with Gasteiger partial charge in [0.2, 0.25) is 0 Å². The summed E-state index contributed by atoms with van der Waals surface area (Å²) in [5.74, 6) is 3.24. The highest BCUT2D eigenvalue weighted by Gasteiger charge is 2.04. The third-order valence-electron chi connectivity index (χ3n) is 2.49. The van der Waals surface area contributed by atoms with Gasteiger partial charge in [-0.2, -0.15) is 11.8 Å². The second-order valence-corrected chi connectivity index (χ2v) is 5.19. The summed E-state index contributed by atoms with van der Waals surface area (Å²) in [6, 6.07) is 8.43. The van der Waals surface area contributed by atoms with Crippen LogP contribution < -0.4 is 10.5 Å². The molecule has 90 valence electrons. The van der Waals surface area contributed by atoms with Gasteiger partial charge in [-0.05, 0) is 42.0 Å². The Balaban J connectivity index is 2.34. The number of methoxy groups -OCH3 is 1. The third-order valence-corrected chi connectivity index (χ3v) is 3.43. The van der Waals surface area contributed by atoms with E-state index in [2.05, 4.69) is 19.1 Å². The van der Waals surface area contributed by atoms with E-state index in [-0.39, 0.29) is 6.04 Å². The van der Waals surface area contributed by atoms with E-state index in [0.29, 0.717) is 0 Å². The van der Waals surface area contributed by atoms with E-state index in [4.69, 9.17) is 10.5 Å². The predicted octanol–water partition coefficient (Wildman–Crippen LogP) is 2.71. The second-order valence-electron chi connectivity index (χ2n) is 3.80. The molecule has 3 heteroatoms. The normalized spacial score (nSPS) is 12.4. The molecule has 1 aromatic carbocycles. The molecule has 0 radical (unpaired) electrons. The summed E-state index contributed by atoms with van der Waals surface area (Å²) < 4.78 is 5.12. The molecule has 2 nitrogen and oxygen atoms in total. The maximum absolute atomic E-state index is 6.07. The van der Waals surface area contributed by atoms with E-state index in [1.54, 1.807) is 7.11 Å². The topological polar surface area (TPSA) is 35.2 Å². The number of thioether (sulfide) groups is 1. The first-order valence-corrected chi connectivity index (χ1v) is 6.88. The summed E-state index contributed by atoms with van der Waals surface area (Å²) >= 11 is 1.95. The lowest BCUT2D eigenvalue weighted by atomic mass is 10.0. The summed E-state index contributed by atoms with van der Waals surface area (Å²) in [7, 11) is 1.68. The highest BCUT2D eigenvalue weighted by molar-refractivity contribution is 7.99. The lowest BCUT2D eigenvalue weighted by Gasteiger charge is -2.11. The van der Waals surface area contributed by atoms with Crippen molar-refractivity contribution in [1.29, 1.82) is 0 Å². The molecular formula is C13H21NOS. The van der Waals surface area contributed by atoms with Crippen LogP contribution >= 0.6 is 11.8 Å². The van der Waals surface area contributed by atoms with Gasteiger partial charge in [-0.25, -0.2) is 0 Å². The van der Waals surface area contributed by atoms with Crippen LogP contribution in [0.3, 0.4) is 0 Å². The lowest BCUT2D eigenvalue weighted by molar-refractivity contribution is 0.414. The average molecular weight is 239 g/mol. The van der Waals surface area contributed by atoms with Crippen LogP contribution in [-0.2, 0) is 6.42 Å². The van der Waals surface area contributed by atoms with Gasteiger partial charge in [-0.15, -0.1) is 0 Å². The highest BCUT2D eigenvalue weighted by atomic mass is 32.2. The Kier molecular flexibility index (Phi) is 6.34. The zero-order valence-corrected chi connectivity index (χ0v) is 10.9. The van der Waals surface area contributed by atoms with Crippen molar-refractivity contribution >= 4 is 11.8 Å². The van der Waals surface area contributed by atoms with Crippen molar-refractivity contribution in [2.45, 2.75) is 25.8 Å². The molecule has 1 aromatic rings. The summed E-state index contributed by atoms with van der Waals surface area (Å²) in [6.45, 7) is 2.18. The minimum atomic E-state index is 0.271. The van der Waals surface area contributed by atoms with E-state index in [0.717, 1.165) is 24.3 Å². The van der Waals surface area contributed by atoms with Gasteiger partial charge in [-0.3, -0.25) is 0 Å². The van der Waals surface area contributed by atoms with Crippen molar-refractivity contribution in [3.8, 4) is 5.75 Å². The van der Waals surface area contributed by atoms with E-state index in [1.807, 2.05) is 23.9 Å². The van der Waals surface area contributed by atoms with Crippen molar-refractivity contribution < 1.29 is 4.74 Å². The van der Waals surface area contributed by atoms with E-state index in [9.17, 15) is 0 Å². The molecule has 0 aliphatic carbocycles. The Bertz CT molecular complexity index is 286. The molecule has 1 rings (SSSR count). The first-order valence-electron chi connectivity index (χ1n) is 5.72. The first-order chi connectivity index (χ1) is 7.76. The summed E-state index contributed by atoms with van der Waals surface area (Å²) in [5, 5.41) is 0. The fraction of sp³-hybridized carbons (Fsp3) is 0.538. The molecule has 0 bridgehead atoms. The van der Waals surface area contributed by atoms with Crippen LogP contribution in [0.25, 0.3) is 0 Å². The maximum Gasteiger partial charge on any atom is 0.118 e. The fourth-order valence-corrected chi connectivity index (χ4v) is 2.30. The molecule has 16 heavy (non-hydrogen) atoms. The molecular weight excluding hydrogens is 218 g/mol. The Hall–Kier alpha value is -0.670. The maximum atomic E-state index is 6.07. The molecule has 0 spiro atoms. The Morgan fingerprint density at radius 3 is 2.56 bits per heavy atom. The van der Waals surface area contributed by atoms with E-state index >= 15 is 0 Å². The second kappa shape index (κ2) is 7.58. The van der Waals surface area contributed by atoms with Crippen LogP contribution in [0, 0.1) is 0 Å². The van der Waals surface area contributed by atoms with Crippen LogP contribution in [0.4, 0.5) is 0 Å². The molecule has 0 saturated carbocycles. The molecule has 1 unspecified atom stereocenters. The zero-order valence-electron chi connectivity index (χ0n) is 10.1. The standard InChI is InChI=1S/C13H21NOS/c1-3-16-9-8-12(14)10-11-4-6-13(15-2)7-5-11/h4-7,12H,3,8-10,14H2,1-2H3. The van der Waals surface area contributed by atoms with Gasteiger partial charge in [0, 0.05) is 6.04 Å². The lowest BCUT2D eigenvalue weighted by Crippen LogP contribution is -2.23. The first kappa shape index (κ1) is 13.4. The van der Waals surface area contributed by atoms with Crippen LogP contribution in [-0.4, -0.2) is 24.7 Å². The van der Waals surface area contributed by atoms with Gasteiger partial charge in [0.15, 0.2) is 0 Å². The smallest absolute Gasteiger partial charge is 0.118 e. The SMILES string of the molecule is CCSCCC(N)Cc1ccc(OC)cc1. The van der Waals surface area contributed by atoms with Gasteiger partial charge >= 0.3 is 0 Å². The molecule has 0 fully saturated rings. The van der Waals surface area contributed by atoms with Crippen LogP contribution in [0.1, 0.15) is 18.9 Å². The number of hydrogen-bond acceptors (Lipinski definition) is 3. The van der Waals surface area contributed by atoms with Crippen molar-refractivity contribution in [2.75, 3.05) is 18.6 Å². The monoisotopic (exact) mass is 239 g/mol. The minimum absolute atomic E-state index is 0.271. The minimum Gasteiger partial charge on any atom is -0.497 e. The van der Waals surface area contributed by atoms with Crippen molar-refractivity contribution in [1.82, 2.24) is 0 Å². The predicted molar refractivity (Wildman–Crippen MR) is 72.3 cm³/mol. The van der Waals surface area contributed by atoms with E-state index in [1.165, 1.54) is 11.3 Å². The Labute approximate surface area is 103 Å². The van der Waals surface area contributed by atoms with Gasteiger partial charge in [0.05, 0.1) is 7.11 Å². The summed E-state index contributed by atoms with van der Waals surface area (Å²) in [4.78, 5) is 0. The van der Waals surface area contributed by atoms with Gasteiger partial charge < -0.3 is 10.5 Å².